The summed E-state index contributed by atoms with van der Waals surface area (Å²) in [5, 5.41) is 0. The summed E-state index contributed by atoms with van der Waals surface area (Å²) in [6.07, 6.45) is 6.03. The molecule has 1 aliphatic heterocycles. The van der Waals surface area contributed by atoms with E-state index in [1.54, 1.807) is 0 Å². The summed E-state index contributed by atoms with van der Waals surface area (Å²) in [4.78, 5) is 14.1. The van der Waals surface area contributed by atoms with Crippen LogP contribution < -0.4 is 4.90 Å². The van der Waals surface area contributed by atoms with Gasteiger partial charge in [0.15, 0.2) is 0 Å². The molecule has 0 radical (unpaired) electrons. The number of carbonyl (C=O) groups is 1. The number of benzene rings is 1. The van der Waals surface area contributed by atoms with Crippen molar-refractivity contribution in [2.24, 2.45) is 0 Å². The number of hydrogen-bond donors (Lipinski definition) is 0. The van der Waals surface area contributed by atoms with E-state index in [1.165, 1.54) is 12.0 Å². The molecule has 2 heteroatoms. The van der Waals surface area contributed by atoms with E-state index in [2.05, 4.69) is 13.5 Å². The van der Waals surface area contributed by atoms with Gasteiger partial charge in [0, 0.05) is 17.8 Å². The third-order valence-corrected chi connectivity index (χ3v) is 3.46. The van der Waals surface area contributed by atoms with Crippen LogP contribution >= 0.6 is 0 Å². The van der Waals surface area contributed by atoms with Crippen molar-refractivity contribution in [2.45, 2.75) is 45.4 Å². The first kappa shape index (κ1) is 12.9. The summed E-state index contributed by atoms with van der Waals surface area (Å²) in [5.74, 6) is 0.186. The summed E-state index contributed by atoms with van der Waals surface area (Å²) in [5.41, 5.74) is 3.10. The highest BCUT2D eigenvalue weighted by atomic mass is 16.2. The number of amides is 1. The first-order valence-electron chi connectivity index (χ1n) is 6.76. The summed E-state index contributed by atoms with van der Waals surface area (Å²) in [6.45, 7) is 6.15. The van der Waals surface area contributed by atoms with Crippen LogP contribution in [0.25, 0.3) is 0 Å². The normalized spacial score (nSPS) is 18.2. The molecular formula is C16H21NO. The summed E-state index contributed by atoms with van der Waals surface area (Å²) >= 11 is 0. The molecule has 0 aromatic heterocycles. The van der Waals surface area contributed by atoms with E-state index in [-0.39, 0.29) is 5.91 Å². The summed E-state index contributed by atoms with van der Waals surface area (Å²) < 4.78 is 0. The van der Waals surface area contributed by atoms with Crippen LogP contribution in [0.4, 0.5) is 5.69 Å². The molecule has 2 rings (SSSR count). The third kappa shape index (κ3) is 3.00. The van der Waals surface area contributed by atoms with Crippen LogP contribution in [-0.4, -0.2) is 5.91 Å². The quantitative estimate of drug-likeness (QED) is 0.724. The fraction of sp³-hybridized carbons (Fsp3) is 0.438. The topological polar surface area (TPSA) is 20.3 Å². The van der Waals surface area contributed by atoms with Gasteiger partial charge in [-0.15, -0.1) is 0 Å². The van der Waals surface area contributed by atoms with Gasteiger partial charge in [0.25, 0.3) is 0 Å². The molecule has 0 aliphatic carbocycles. The Labute approximate surface area is 109 Å². The molecule has 0 unspecified atom stereocenters. The molecule has 1 amide bonds. The van der Waals surface area contributed by atoms with Crippen molar-refractivity contribution in [1.82, 2.24) is 0 Å². The predicted molar refractivity (Wildman–Crippen MR) is 75.5 cm³/mol. The SMILES string of the molecule is C=C1CCCCCCC(=O)N1c1ccc(C)cc1. The minimum absolute atomic E-state index is 0.186. The molecule has 1 heterocycles. The minimum Gasteiger partial charge on any atom is -0.285 e. The highest BCUT2D eigenvalue weighted by Gasteiger charge is 2.19. The van der Waals surface area contributed by atoms with Crippen LogP contribution in [0.5, 0.6) is 0 Å². The van der Waals surface area contributed by atoms with Gasteiger partial charge >= 0.3 is 0 Å². The van der Waals surface area contributed by atoms with E-state index in [0.29, 0.717) is 6.42 Å². The molecule has 2 nitrogen and oxygen atoms in total. The summed E-state index contributed by atoms with van der Waals surface area (Å²) in [7, 11) is 0. The van der Waals surface area contributed by atoms with Gasteiger partial charge in [-0.3, -0.25) is 9.69 Å². The fourth-order valence-electron chi connectivity index (χ4n) is 2.38. The van der Waals surface area contributed by atoms with E-state index < -0.39 is 0 Å². The Morgan fingerprint density at radius 2 is 1.61 bits per heavy atom. The van der Waals surface area contributed by atoms with Gasteiger partial charge < -0.3 is 0 Å². The van der Waals surface area contributed by atoms with Crippen molar-refractivity contribution in [1.29, 1.82) is 0 Å². The molecule has 1 aromatic carbocycles. The first-order chi connectivity index (χ1) is 8.68. The maximum atomic E-state index is 12.3. The van der Waals surface area contributed by atoms with Crippen molar-refractivity contribution >= 4 is 11.6 Å². The van der Waals surface area contributed by atoms with E-state index >= 15 is 0 Å². The molecule has 0 N–H and O–H groups in total. The molecule has 1 aromatic rings. The number of nitrogens with zero attached hydrogens (tertiary/aromatic N) is 1. The lowest BCUT2D eigenvalue weighted by atomic mass is 10.1. The second kappa shape index (κ2) is 5.85. The zero-order valence-corrected chi connectivity index (χ0v) is 11.1. The van der Waals surface area contributed by atoms with Crippen LogP contribution in [-0.2, 0) is 4.79 Å². The monoisotopic (exact) mass is 243 g/mol. The molecule has 0 saturated carbocycles. The Morgan fingerprint density at radius 3 is 2.28 bits per heavy atom. The van der Waals surface area contributed by atoms with E-state index in [9.17, 15) is 4.79 Å². The number of aryl methyl sites for hydroxylation is 1. The lowest BCUT2D eigenvalue weighted by Crippen LogP contribution is -2.29. The number of carbonyl (C=O) groups excluding carboxylic acids is 1. The standard InChI is InChI=1S/C16H21NO/c1-13-9-11-15(12-10-13)17-14(2)7-5-3-4-6-8-16(17)18/h9-12H,2-8H2,1H3. The van der Waals surface area contributed by atoms with Crippen molar-refractivity contribution in [3.8, 4) is 0 Å². The first-order valence-corrected chi connectivity index (χ1v) is 6.76. The Kier molecular flexibility index (Phi) is 4.19. The van der Waals surface area contributed by atoms with Gasteiger partial charge in [0.2, 0.25) is 5.91 Å². The van der Waals surface area contributed by atoms with Gasteiger partial charge in [-0.1, -0.05) is 37.1 Å². The van der Waals surface area contributed by atoms with Crippen LogP contribution in [0, 0.1) is 6.92 Å². The van der Waals surface area contributed by atoms with Gasteiger partial charge in [0.05, 0.1) is 0 Å². The smallest absolute Gasteiger partial charge is 0.231 e. The van der Waals surface area contributed by atoms with Crippen molar-refractivity contribution in [3.05, 3.63) is 42.1 Å². The molecule has 0 spiro atoms. The van der Waals surface area contributed by atoms with Crippen LogP contribution in [0.2, 0.25) is 0 Å². The zero-order valence-electron chi connectivity index (χ0n) is 11.1. The molecule has 1 fully saturated rings. The molecule has 1 aliphatic rings. The lowest BCUT2D eigenvalue weighted by molar-refractivity contribution is -0.118. The average Bonchev–Trinajstić information content (AvgIpc) is 2.43. The highest BCUT2D eigenvalue weighted by molar-refractivity contribution is 5.96. The zero-order chi connectivity index (χ0) is 13.0. The largest absolute Gasteiger partial charge is 0.285 e. The number of allylic oxidation sites excluding steroid dienone is 1. The van der Waals surface area contributed by atoms with Crippen molar-refractivity contribution < 1.29 is 4.79 Å². The molecular weight excluding hydrogens is 222 g/mol. The molecule has 0 atom stereocenters. The molecule has 1 saturated heterocycles. The Bertz CT molecular complexity index is 413. The molecule has 96 valence electrons. The Hall–Kier alpha value is -1.57. The second-order valence-corrected chi connectivity index (χ2v) is 5.05. The van der Waals surface area contributed by atoms with E-state index in [1.807, 2.05) is 29.2 Å². The van der Waals surface area contributed by atoms with E-state index in [0.717, 1.165) is 37.1 Å². The second-order valence-electron chi connectivity index (χ2n) is 5.05. The number of anilines is 1. The van der Waals surface area contributed by atoms with E-state index in [4.69, 9.17) is 0 Å². The number of rotatable bonds is 1. The van der Waals surface area contributed by atoms with Crippen molar-refractivity contribution in [2.75, 3.05) is 4.90 Å². The predicted octanol–water partition coefficient (Wildman–Crippen LogP) is 4.20. The van der Waals surface area contributed by atoms with Gasteiger partial charge in [-0.2, -0.15) is 0 Å². The number of hydrogen-bond acceptors (Lipinski definition) is 1. The Morgan fingerprint density at radius 1 is 1.00 bits per heavy atom. The minimum atomic E-state index is 0.186. The average molecular weight is 243 g/mol. The molecule has 0 bridgehead atoms. The van der Waals surface area contributed by atoms with Crippen LogP contribution in [0.1, 0.15) is 44.1 Å². The maximum absolute atomic E-state index is 12.3. The molecule has 18 heavy (non-hydrogen) atoms. The van der Waals surface area contributed by atoms with Gasteiger partial charge in [-0.25, -0.2) is 0 Å². The maximum Gasteiger partial charge on any atom is 0.231 e. The van der Waals surface area contributed by atoms with Crippen LogP contribution in [0.3, 0.4) is 0 Å². The highest BCUT2D eigenvalue weighted by Crippen LogP contribution is 2.25. The van der Waals surface area contributed by atoms with Crippen molar-refractivity contribution in [3.63, 3.8) is 0 Å². The van der Waals surface area contributed by atoms with Crippen LogP contribution in [0.15, 0.2) is 36.5 Å². The van der Waals surface area contributed by atoms with Gasteiger partial charge in [0.1, 0.15) is 0 Å². The fourth-order valence-corrected chi connectivity index (χ4v) is 2.38. The summed E-state index contributed by atoms with van der Waals surface area (Å²) in [6, 6.07) is 8.11. The third-order valence-electron chi connectivity index (χ3n) is 3.46. The van der Waals surface area contributed by atoms with Gasteiger partial charge in [-0.05, 0) is 38.3 Å². The lowest BCUT2D eigenvalue weighted by Gasteiger charge is -2.24. The Balaban J connectivity index is 2.26.